The number of piperidine rings is 1. The van der Waals surface area contributed by atoms with Crippen molar-refractivity contribution in [1.29, 1.82) is 0 Å². The van der Waals surface area contributed by atoms with Gasteiger partial charge in [0.05, 0.1) is 0 Å². The lowest BCUT2D eigenvalue weighted by atomic mass is 10.1. The molecule has 0 aromatic carbocycles. The van der Waals surface area contributed by atoms with Gasteiger partial charge in [-0.3, -0.25) is 0 Å². The van der Waals surface area contributed by atoms with E-state index in [2.05, 4.69) is 17.6 Å². The van der Waals surface area contributed by atoms with E-state index in [9.17, 15) is 0 Å². The van der Waals surface area contributed by atoms with Crippen LogP contribution < -0.4 is 10.6 Å². The van der Waals surface area contributed by atoms with E-state index in [1.807, 2.05) is 0 Å². The normalized spacial score (nSPS) is 21.2. The minimum atomic E-state index is 0.703. The summed E-state index contributed by atoms with van der Waals surface area (Å²) in [5.41, 5.74) is 0. The fraction of sp³-hybridized carbons (Fsp3) is 1.00. The van der Waals surface area contributed by atoms with E-state index in [0.717, 1.165) is 32.7 Å². The predicted molar refractivity (Wildman–Crippen MR) is 68.9 cm³/mol. The van der Waals surface area contributed by atoms with Gasteiger partial charge in [-0.15, -0.1) is 0 Å². The molecular weight excluding hydrogens is 200 g/mol. The van der Waals surface area contributed by atoms with Gasteiger partial charge in [0.2, 0.25) is 0 Å². The summed E-state index contributed by atoms with van der Waals surface area (Å²) in [5, 5.41) is 7.05. The molecule has 0 aromatic heterocycles. The van der Waals surface area contributed by atoms with Crippen LogP contribution in [0.15, 0.2) is 0 Å². The second kappa shape index (κ2) is 10.1. The SMILES string of the molecule is CCCCOCCCNCC1CCCCN1. The Morgan fingerprint density at radius 1 is 1.25 bits per heavy atom. The minimum absolute atomic E-state index is 0.703. The predicted octanol–water partition coefficient (Wildman–Crippen LogP) is 1.92. The highest BCUT2D eigenvalue weighted by Gasteiger charge is 2.10. The summed E-state index contributed by atoms with van der Waals surface area (Å²) in [4.78, 5) is 0. The number of unbranched alkanes of at least 4 members (excludes halogenated alkanes) is 1. The van der Waals surface area contributed by atoms with Gasteiger partial charge in [0.25, 0.3) is 0 Å². The maximum absolute atomic E-state index is 5.51. The molecule has 2 N–H and O–H groups in total. The van der Waals surface area contributed by atoms with Gasteiger partial charge in [0.15, 0.2) is 0 Å². The Hall–Kier alpha value is -0.120. The van der Waals surface area contributed by atoms with E-state index in [1.165, 1.54) is 38.6 Å². The second-order valence-electron chi connectivity index (χ2n) is 4.67. The third-order valence-electron chi connectivity index (χ3n) is 3.09. The first-order valence-electron chi connectivity index (χ1n) is 6.95. The van der Waals surface area contributed by atoms with Crippen molar-refractivity contribution >= 4 is 0 Å². The summed E-state index contributed by atoms with van der Waals surface area (Å²) in [6.45, 7) is 7.44. The molecule has 0 radical (unpaired) electrons. The van der Waals surface area contributed by atoms with Crippen LogP contribution in [0.3, 0.4) is 0 Å². The van der Waals surface area contributed by atoms with Gasteiger partial charge >= 0.3 is 0 Å². The molecule has 1 aliphatic heterocycles. The summed E-state index contributed by atoms with van der Waals surface area (Å²) in [6, 6.07) is 0.703. The van der Waals surface area contributed by atoms with Gasteiger partial charge in [0.1, 0.15) is 0 Å². The van der Waals surface area contributed by atoms with Gasteiger partial charge in [0, 0.05) is 25.8 Å². The molecular formula is C13H28N2O. The molecule has 0 spiro atoms. The summed E-state index contributed by atoms with van der Waals surface area (Å²) < 4.78 is 5.51. The zero-order valence-electron chi connectivity index (χ0n) is 10.8. The summed E-state index contributed by atoms with van der Waals surface area (Å²) in [7, 11) is 0. The van der Waals surface area contributed by atoms with Gasteiger partial charge in [-0.05, 0) is 38.8 Å². The third-order valence-corrected chi connectivity index (χ3v) is 3.09. The molecule has 1 unspecified atom stereocenters. The van der Waals surface area contributed by atoms with Crippen LogP contribution in [-0.4, -0.2) is 38.9 Å². The molecule has 1 heterocycles. The topological polar surface area (TPSA) is 33.3 Å². The number of ether oxygens (including phenoxy) is 1. The lowest BCUT2D eigenvalue weighted by Gasteiger charge is -2.23. The van der Waals surface area contributed by atoms with Crippen LogP contribution >= 0.6 is 0 Å². The average molecular weight is 228 g/mol. The van der Waals surface area contributed by atoms with Crippen molar-refractivity contribution in [3.8, 4) is 0 Å². The monoisotopic (exact) mass is 228 g/mol. The first kappa shape index (κ1) is 13.9. The van der Waals surface area contributed by atoms with E-state index in [-0.39, 0.29) is 0 Å². The standard InChI is InChI=1S/C13H28N2O/c1-2-3-10-16-11-6-8-14-12-13-7-4-5-9-15-13/h13-15H,2-12H2,1H3. The van der Waals surface area contributed by atoms with Crippen LogP contribution in [0.1, 0.15) is 45.4 Å². The third kappa shape index (κ3) is 7.20. The highest BCUT2D eigenvalue weighted by Crippen LogP contribution is 2.05. The first-order chi connectivity index (χ1) is 7.93. The Morgan fingerprint density at radius 2 is 2.12 bits per heavy atom. The molecule has 0 aromatic rings. The Bertz CT molecular complexity index is 147. The van der Waals surface area contributed by atoms with E-state index < -0.39 is 0 Å². The molecule has 1 fully saturated rings. The van der Waals surface area contributed by atoms with Crippen molar-refractivity contribution in [2.75, 3.05) is 32.8 Å². The number of hydrogen-bond donors (Lipinski definition) is 2. The van der Waals surface area contributed by atoms with E-state index in [0.29, 0.717) is 6.04 Å². The Kier molecular flexibility index (Phi) is 8.77. The van der Waals surface area contributed by atoms with E-state index in [4.69, 9.17) is 4.74 Å². The number of nitrogens with one attached hydrogen (secondary N) is 2. The van der Waals surface area contributed by atoms with Crippen LogP contribution in [0, 0.1) is 0 Å². The van der Waals surface area contributed by atoms with Crippen molar-refractivity contribution in [2.24, 2.45) is 0 Å². The molecule has 3 nitrogen and oxygen atoms in total. The largest absolute Gasteiger partial charge is 0.381 e. The zero-order valence-corrected chi connectivity index (χ0v) is 10.8. The average Bonchev–Trinajstić information content (AvgIpc) is 2.34. The maximum Gasteiger partial charge on any atom is 0.0478 e. The molecule has 1 atom stereocenters. The van der Waals surface area contributed by atoms with Gasteiger partial charge in [-0.2, -0.15) is 0 Å². The van der Waals surface area contributed by atoms with Gasteiger partial charge in [-0.25, -0.2) is 0 Å². The fourth-order valence-electron chi connectivity index (χ4n) is 2.02. The lowest BCUT2D eigenvalue weighted by molar-refractivity contribution is 0.128. The maximum atomic E-state index is 5.51. The van der Waals surface area contributed by atoms with Gasteiger partial charge < -0.3 is 15.4 Å². The molecule has 96 valence electrons. The van der Waals surface area contributed by atoms with Crippen molar-refractivity contribution in [3.63, 3.8) is 0 Å². The van der Waals surface area contributed by atoms with Crippen LogP contribution in [-0.2, 0) is 4.74 Å². The quantitative estimate of drug-likeness (QED) is 0.592. The highest BCUT2D eigenvalue weighted by molar-refractivity contribution is 4.73. The summed E-state index contributed by atoms with van der Waals surface area (Å²) >= 11 is 0. The molecule has 0 amide bonds. The van der Waals surface area contributed by atoms with Crippen LogP contribution in [0.2, 0.25) is 0 Å². The van der Waals surface area contributed by atoms with Crippen molar-refractivity contribution in [2.45, 2.75) is 51.5 Å². The minimum Gasteiger partial charge on any atom is -0.381 e. The summed E-state index contributed by atoms with van der Waals surface area (Å²) in [5.74, 6) is 0. The van der Waals surface area contributed by atoms with E-state index in [1.54, 1.807) is 0 Å². The molecule has 3 heteroatoms. The summed E-state index contributed by atoms with van der Waals surface area (Å²) in [6.07, 6.45) is 7.63. The number of rotatable bonds is 9. The van der Waals surface area contributed by atoms with Crippen LogP contribution in [0.5, 0.6) is 0 Å². The van der Waals surface area contributed by atoms with E-state index >= 15 is 0 Å². The lowest BCUT2D eigenvalue weighted by Crippen LogP contribution is -2.42. The van der Waals surface area contributed by atoms with Crippen molar-refractivity contribution < 1.29 is 4.74 Å². The molecule has 1 saturated heterocycles. The number of hydrogen-bond acceptors (Lipinski definition) is 3. The van der Waals surface area contributed by atoms with Gasteiger partial charge in [-0.1, -0.05) is 19.8 Å². The first-order valence-corrected chi connectivity index (χ1v) is 6.95. The molecule has 0 saturated carbocycles. The Balaban J connectivity index is 1.77. The van der Waals surface area contributed by atoms with Crippen molar-refractivity contribution in [1.82, 2.24) is 10.6 Å². The molecule has 1 aliphatic rings. The molecule has 0 bridgehead atoms. The van der Waals surface area contributed by atoms with Crippen molar-refractivity contribution in [3.05, 3.63) is 0 Å². The molecule has 0 aliphatic carbocycles. The molecule has 1 rings (SSSR count). The zero-order chi connectivity index (χ0) is 11.5. The van der Waals surface area contributed by atoms with Crippen LogP contribution in [0.4, 0.5) is 0 Å². The fourth-order valence-corrected chi connectivity index (χ4v) is 2.02. The van der Waals surface area contributed by atoms with Crippen LogP contribution in [0.25, 0.3) is 0 Å². The Labute approximate surface area is 100 Å². The highest BCUT2D eigenvalue weighted by atomic mass is 16.5. The smallest absolute Gasteiger partial charge is 0.0478 e. The molecule has 16 heavy (non-hydrogen) atoms. The second-order valence-corrected chi connectivity index (χ2v) is 4.67. The Morgan fingerprint density at radius 3 is 2.88 bits per heavy atom.